The van der Waals surface area contributed by atoms with Crippen LogP contribution in [-0.2, 0) is 33.6 Å². The fraction of sp³-hybridized carbons (Fsp3) is 0.576. The summed E-state index contributed by atoms with van der Waals surface area (Å²) in [6, 6.07) is 0.262. The van der Waals surface area contributed by atoms with E-state index in [2.05, 4.69) is 39.2 Å². The number of aliphatic hydroxyl groups excluding tert-OH is 1. The summed E-state index contributed by atoms with van der Waals surface area (Å²) in [5.41, 5.74) is 17.0. The predicted octanol–water partition coefficient (Wildman–Crippen LogP) is -2.59. The van der Waals surface area contributed by atoms with Crippen LogP contribution in [0, 0.1) is 11.8 Å². The van der Waals surface area contributed by atoms with Crippen molar-refractivity contribution in [3.05, 3.63) is 29.8 Å². The summed E-state index contributed by atoms with van der Waals surface area (Å²) >= 11 is 4.22. The number of aliphatic hydroxyl groups is 1. The zero-order valence-corrected chi connectivity index (χ0v) is 31.0. The Balaban J connectivity index is 2.90. The highest BCUT2D eigenvalue weighted by Crippen LogP contribution is 2.18. The quantitative estimate of drug-likeness (QED) is 0.0552. The van der Waals surface area contributed by atoms with Gasteiger partial charge in [0.1, 0.15) is 24.2 Å². The van der Waals surface area contributed by atoms with Crippen LogP contribution in [0.25, 0.3) is 0 Å². The zero-order chi connectivity index (χ0) is 39.7. The molecule has 290 valence electrons. The van der Waals surface area contributed by atoms with Crippen molar-refractivity contribution in [2.24, 2.45) is 29.0 Å². The molecule has 19 heteroatoms. The molecular weight excluding hydrogens is 698 g/mol. The van der Waals surface area contributed by atoms with E-state index in [9.17, 15) is 43.5 Å². The second kappa shape index (κ2) is 22.2. The Kier molecular flexibility index (Phi) is 19.4. The lowest BCUT2D eigenvalue weighted by atomic mass is 10.0. The molecule has 0 unspecified atom stereocenters. The van der Waals surface area contributed by atoms with Gasteiger partial charge in [0.15, 0.2) is 0 Å². The third-order valence-electron chi connectivity index (χ3n) is 7.71. The highest BCUT2D eigenvalue weighted by Gasteiger charge is 2.29. The number of nitrogens with zero attached hydrogens (tertiary/aromatic N) is 1. The first-order valence-electron chi connectivity index (χ1n) is 16.8. The number of primary amides is 2. The van der Waals surface area contributed by atoms with Crippen LogP contribution in [0.1, 0.15) is 64.2 Å². The van der Waals surface area contributed by atoms with E-state index in [0.29, 0.717) is 12.1 Å². The molecule has 5 atom stereocenters. The number of thiol groups is 1. The van der Waals surface area contributed by atoms with Crippen molar-refractivity contribution in [1.29, 1.82) is 0 Å². The molecule has 0 aromatic heterocycles. The lowest BCUT2D eigenvalue weighted by Gasteiger charge is -2.27. The molecule has 0 aliphatic heterocycles. The first kappa shape index (κ1) is 45.3. The highest BCUT2D eigenvalue weighted by atomic mass is 32.1. The summed E-state index contributed by atoms with van der Waals surface area (Å²) in [7, 11) is 0. The predicted molar refractivity (Wildman–Crippen MR) is 195 cm³/mol. The Morgan fingerprint density at radius 3 is 1.92 bits per heavy atom. The number of hydrogen-bond acceptors (Lipinski definition) is 11. The van der Waals surface area contributed by atoms with Gasteiger partial charge in [-0.3, -0.25) is 38.4 Å². The fourth-order valence-electron chi connectivity index (χ4n) is 4.68. The average molecular weight is 752 g/mol. The van der Waals surface area contributed by atoms with Gasteiger partial charge in [0.05, 0.1) is 19.2 Å². The standard InChI is InChI=1S/C33H53N9O9S/c1-17(2)14-23(28(36)46)41-29(47)20-6-8-21(9-7-20)42(12-13-52)33(51)19(5)38-31(49)24(16-43)39-26(45)15-37-30(48)22(10-11-25(34)44)40-32(50)27(35)18(3)4/h6-9,17-19,22-24,27,43,52H,10-16,35H2,1-5H3,(H2,34,44)(H2,36,46)(H,37,48)(H,38,49)(H,39,45)(H,40,50)(H,41,47)/t19-,22-,23-,24-,27-/m0/s1. The summed E-state index contributed by atoms with van der Waals surface area (Å²) in [5, 5.41) is 21.9. The van der Waals surface area contributed by atoms with Gasteiger partial charge in [0.25, 0.3) is 5.91 Å². The van der Waals surface area contributed by atoms with Gasteiger partial charge in [-0.25, -0.2) is 0 Å². The highest BCUT2D eigenvalue weighted by molar-refractivity contribution is 7.80. The lowest BCUT2D eigenvalue weighted by Crippen LogP contribution is -2.57. The minimum absolute atomic E-state index is 0.108. The van der Waals surface area contributed by atoms with Gasteiger partial charge in [-0.15, -0.1) is 0 Å². The third kappa shape index (κ3) is 15.2. The maximum atomic E-state index is 13.4. The van der Waals surface area contributed by atoms with Crippen molar-refractivity contribution in [3.63, 3.8) is 0 Å². The number of benzene rings is 1. The molecule has 0 aliphatic rings. The van der Waals surface area contributed by atoms with E-state index in [-0.39, 0.29) is 42.5 Å². The molecule has 0 bridgehead atoms. The van der Waals surface area contributed by atoms with Crippen molar-refractivity contribution in [1.82, 2.24) is 26.6 Å². The number of carbonyl (C=O) groups excluding carboxylic acids is 8. The molecule has 0 heterocycles. The van der Waals surface area contributed by atoms with Gasteiger partial charge < -0.3 is 53.8 Å². The van der Waals surface area contributed by atoms with Crippen molar-refractivity contribution in [2.45, 2.75) is 84.1 Å². The van der Waals surface area contributed by atoms with Crippen LogP contribution in [-0.4, -0.2) is 108 Å². The minimum Gasteiger partial charge on any atom is -0.394 e. The number of nitrogens with two attached hydrogens (primary N) is 3. The normalized spacial score (nSPS) is 13.9. The van der Waals surface area contributed by atoms with E-state index >= 15 is 0 Å². The molecule has 0 spiro atoms. The first-order chi connectivity index (χ1) is 24.3. The third-order valence-corrected chi connectivity index (χ3v) is 7.91. The van der Waals surface area contributed by atoms with Gasteiger partial charge in [-0.2, -0.15) is 12.6 Å². The maximum Gasteiger partial charge on any atom is 0.251 e. The van der Waals surface area contributed by atoms with E-state index in [1.54, 1.807) is 13.8 Å². The molecule has 8 amide bonds. The Bertz CT molecular complexity index is 1430. The van der Waals surface area contributed by atoms with Gasteiger partial charge >= 0.3 is 0 Å². The lowest BCUT2D eigenvalue weighted by molar-refractivity contribution is -0.133. The number of amides is 8. The second-order valence-electron chi connectivity index (χ2n) is 12.9. The van der Waals surface area contributed by atoms with E-state index in [1.807, 2.05) is 13.8 Å². The first-order valence-corrected chi connectivity index (χ1v) is 17.4. The molecule has 0 radical (unpaired) electrons. The van der Waals surface area contributed by atoms with Crippen LogP contribution in [0.5, 0.6) is 0 Å². The summed E-state index contributed by atoms with van der Waals surface area (Å²) < 4.78 is 0. The number of anilines is 1. The molecule has 18 nitrogen and oxygen atoms in total. The van der Waals surface area contributed by atoms with Crippen molar-refractivity contribution in [3.8, 4) is 0 Å². The van der Waals surface area contributed by atoms with Crippen LogP contribution < -0.4 is 48.7 Å². The molecule has 52 heavy (non-hydrogen) atoms. The number of hydrogen-bond donors (Lipinski definition) is 10. The second-order valence-corrected chi connectivity index (χ2v) is 13.4. The zero-order valence-electron chi connectivity index (χ0n) is 30.1. The smallest absolute Gasteiger partial charge is 0.251 e. The fourth-order valence-corrected chi connectivity index (χ4v) is 4.88. The molecular formula is C33H53N9O9S. The van der Waals surface area contributed by atoms with Crippen LogP contribution in [0.4, 0.5) is 5.69 Å². The van der Waals surface area contributed by atoms with Gasteiger partial charge in [0.2, 0.25) is 41.4 Å². The van der Waals surface area contributed by atoms with E-state index < -0.39 is 90.6 Å². The largest absolute Gasteiger partial charge is 0.394 e. The minimum atomic E-state index is -1.51. The molecule has 1 aromatic carbocycles. The van der Waals surface area contributed by atoms with Crippen molar-refractivity contribution >= 4 is 65.6 Å². The van der Waals surface area contributed by atoms with E-state index in [1.165, 1.54) is 36.1 Å². The Morgan fingerprint density at radius 2 is 1.42 bits per heavy atom. The Labute approximate surface area is 308 Å². The van der Waals surface area contributed by atoms with Crippen molar-refractivity contribution < 1.29 is 43.5 Å². The molecule has 1 aromatic rings. The monoisotopic (exact) mass is 751 g/mol. The number of carbonyl (C=O) groups is 8. The molecule has 0 saturated heterocycles. The van der Waals surface area contributed by atoms with Crippen LogP contribution in [0.15, 0.2) is 24.3 Å². The van der Waals surface area contributed by atoms with E-state index in [4.69, 9.17) is 17.2 Å². The van der Waals surface area contributed by atoms with Crippen LogP contribution >= 0.6 is 12.6 Å². The number of rotatable bonds is 22. The molecule has 1 rings (SSSR count). The molecule has 12 N–H and O–H groups in total. The van der Waals surface area contributed by atoms with Gasteiger partial charge in [0, 0.05) is 30.0 Å². The van der Waals surface area contributed by atoms with Crippen LogP contribution in [0.3, 0.4) is 0 Å². The van der Waals surface area contributed by atoms with Crippen LogP contribution in [0.2, 0.25) is 0 Å². The summed E-state index contributed by atoms with van der Waals surface area (Å²) in [5.74, 6) is -5.62. The molecule has 0 aliphatic carbocycles. The van der Waals surface area contributed by atoms with Gasteiger partial charge in [-0.1, -0.05) is 27.7 Å². The summed E-state index contributed by atoms with van der Waals surface area (Å²) in [6.45, 7) is 7.19. The summed E-state index contributed by atoms with van der Waals surface area (Å²) in [4.78, 5) is 101. The molecule has 0 fully saturated rings. The maximum absolute atomic E-state index is 13.4. The number of nitrogens with one attached hydrogen (secondary N) is 5. The topological polar surface area (TPSA) is 298 Å². The molecule has 0 saturated carbocycles. The SMILES string of the molecule is CC(C)C[C@H](NC(=O)c1ccc(N(CCS)C(=O)[C@H](C)NC(=O)[C@H](CO)NC(=O)CNC(=O)[C@H](CCC(N)=O)NC(=O)[C@@H](N)C(C)C)cc1)C(N)=O. The average Bonchev–Trinajstić information content (AvgIpc) is 3.08. The Hall–Kier alpha value is -4.75. The van der Waals surface area contributed by atoms with Gasteiger partial charge in [-0.05, 0) is 55.9 Å². The van der Waals surface area contributed by atoms with Crippen molar-refractivity contribution in [2.75, 3.05) is 30.3 Å². The Morgan fingerprint density at radius 1 is 0.808 bits per heavy atom. The summed E-state index contributed by atoms with van der Waals surface area (Å²) in [6.07, 6.45) is -0.0389. The van der Waals surface area contributed by atoms with E-state index in [0.717, 1.165) is 0 Å².